The second-order valence-electron chi connectivity index (χ2n) is 4.45. The maximum absolute atomic E-state index is 11.7. The van der Waals surface area contributed by atoms with Gasteiger partial charge in [-0.05, 0) is 20.8 Å². The van der Waals surface area contributed by atoms with E-state index in [4.69, 9.17) is 9.47 Å². The second-order valence-corrected chi connectivity index (χ2v) is 4.45. The number of hydrogen-bond donors (Lipinski definition) is 0. The number of aldehydes is 1. The van der Waals surface area contributed by atoms with Crippen LogP contribution in [0.3, 0.4) is 0 Å². The standard InChI is InChI=1S/C10H17NO4.ClH/c1-10(2,3)15-9(13)11-4-5-14-7-8(11)6-12;/h6,8H,4-5,7H2,1-3H3;1H/t8-;/m0./s1. The molecule has 0 unspecified atom stereocenters. The molecule has 6 heteroatoms. The van der Waals surface area contributed by atoms with Crippen LogP contribution in [0.1, 0.15) is 20.8 Å². The summed E-state index contributed by atoms with van der Waals surface area (Å²) in [7, 11) is 0. The number of nitrogens with zero attached hydrogens (tertiary/aromatic N) is 1. The summed E-state index contributed by atoms with van der Waals surface area (Å²) in [5, 5.41) is 0. The molecule has 1 atom stereocenters. The molecular weight excluding hydrogens is 234 g/mol. The van der Waals surface area contributed by atoms with Gasteiger partial charge in [-0.2, -0.15) is 0 Å². The van der Waals surface area contributed by atoms with Crippen LogP contribution in [0.5, 0.6) is 0 Å². The third kappa shape index (κ3) is 4.37. The lowest BCUT2D eigenvalue weighted by Crippen LogP contribution is -2.51. The van der Waals surface area contributed by atoms with Crippen LogP contribution in [0.4, 0.5) is 4.79 Å². The Hall–Kier alpha value is -0.810. The zero-order valence-electron chi connectivity index (χ0n) is 9.76. The molecule has 0 aromatic carbocycles. The number of halogens is 1. The Morgan fingerprint density at radius 1 is 1.50 bits per heavy atom. The van der Waals surface area contributed by atoms with Gasteiger partial charge >= 0.3 is 6.09 Å². The lowest BCUT2D eigenvalue weighted by atomic mass is 10.2. The third-order valence-electron chi connectivity index (χ3n) is 1.95. The summed E-state index contributed by atoms with van der Waals surface area (Å²) in [6.07, 6.45) is 0.256. The van der Waals surface area contributed by atoms with Gasteiger partial charge in [0.1, 0.15) is 17.9 Å². The summed E-state index contributed by atoms with van der Waals surface area (Å²) in [5.41, 5.74) is -0.539. The van der Waals surface area contributed by atoms with E-state index in [0.29, 0.717) is 19.4 Å². The molecule has 1 rings (SSSR count). The van der Waals surface area contributed by atoms with Gasteiger partial charge in [-0.3, -0.25) is 4.90 Å². The SMILES string of the molecule is CC(C)(C)OC(=O)N1CCOC[C@@H]1C=O.Cl. The van der Waals surface area contributed by atoms with E-state index in [2.05, 4.69) is 0 Å². The summed E-state index contributed by atoms with van der Waals surface area (Å²) >= 11 is 0. The molecule has 1 aliphatic heterocycles. The van der Waals surface area contributed by atoms with Gasteiger partial charge < -0.3 is 14.3 Å². The normalized spacial score (nSPS) is 20.9. The van der Waals surface area contributed by atoms with Crippen molar-refractivity contribution in [2.45, 2.75) is 32.4 Å². The molecule has 0 radical (unpaired) electrons. The summed E-state index contributed by atoms with van der Waals surface area (Å²) in [6.45, 7) is 6.48. The molecule has 1 fully saturated rings. The first-order chi connectivity index (χ1) is 6.94. The molecule has 1 amide bonds. The average Bonchev–Trinajstić information content (AvgIpc) is 2.15. The van der Waals surface area contributed by atoms with Crippen LogP contribution < -0.4 is 0 Å². The van der Waals surface area contributed by atoms with Gasteiger partial charge in [-0.15, -0.1) is 12.4 Å². The van der Waals surface area contributed by atoms with Crippen molar-refractivity contribution in [2.24, 2.45) is 0 Å². The van der Waals surface area contributed by atoms with Crippen LogP contribution in [-0.4, -0.2) is 48.7 Å². The summed E-state index contributed by atoms with van der Waals surface area (Å²) < 4.78 is 10.3. The molecule has 0 aliphatic carbocycles. The smallest absolute Gasteiger partial charge is 0.411 e. The third-order valence-corrected chi connectivity index (χ3v) is 1.95. The zero-order valence-corrected chi connectivity index (χ0v) is 10.6. The molecule has 0 bridgehead atoms. The summed E-state index contributed by atoms with van der Waals surface area (Å²) in [6, 6.07) is -0.520. The number of amides is 1. The predicted octanol–water partition coefficient (Wildman–Crippen LogP) is 1.24. The van der Waals surface area contributed by atoms with Crippen molar-refractivity contribution in [3.8, 4) is 0 Å². The molecule has 0 aromatic rings. The number of hydrogen-bond acceptors (Lipinski definition) is 4. The van der Waals surface area contributed by atoms with Crippen molar-refractivity contribution in [2.75, 3.05) is 19.8 Å². The van der Waals surface area contributed by atoms with E-state index in [0.717, 1.165) is 0 Å². The van der Waals surface area contributed by atoms with Crippen molar-refractivity contribution in [3.05, 3.63) is 0 Å². The molecule has 1 saturated heterocycles. The minimum absolute atomic E-state index is 0. The summed E-state index contributed by atoms with van der Waals surface area (Å²) in [5.74, 6) is 0. The van der Waals surface area contributed by atoms with E-state index < -0.39 is 17.7 Å². The Bertz CT molecular complexity index is 252. The lowest BCUT2D eigenvalue weighted by Gasteiger charge is -2.33. The van der Waals surface area contributed by atoms with E-state index in [1.807, 2.05) is 0 Å². The van der Waals surface area contributed by atoms with Gasteiger partial charge in [0.25, 0.3) is 0 Å². The van der Waals surface area contributed by atoms with Crippen molar-refractivity contribution >= 4 is 24.8 Å². The number of morpholine rings is 1. The van der Waals surface area contributed by atoms with Crippen molar-refractivity contribution in [3.63, 3.8) is 0 Å². The zero-order chi connectivity index (χ0) is 11.5. The number of carbonyl (C=O) groups excluding carboxylic acids is 2. The largest absolute Gasteiger partial charge is 0.444 e. The fourth-order valence-corrected chi connectivity index (χ4v) is 1.28. The number of rotatable bonds is 1. The second kappa shape index (κ2) is 6.06. The van der Waals surface area contributed by atoms with Crippen LogP contribution in [0, 0.1) is 0 Å². The monoisotopic (exact) mass is 251 g/mol. The van der Waals surface area contributed by atoms with Crippen LogP contribution in [0.15, 0.2) is 0 Å². The van der Waals surface area contributed by atoms with Crippen LogP contribution in [-0.2, 0) is 14.3 Å². The highest BCUT2D eigenvalue weighted by Crippen LogP contribution is 2.13. The molecule has 1 heterocycles. The van der Waals surface area contributed by atoms with Gasteiger partial charge in [0.2, 0.25) is 0 Å². The first-order valence-corrected chi connectivity index (χ1v) is 4.97. The Balaban J connectivity index is 0.00000225. The van der Waals surface area contributed by atoms with E-state index in [-0.39, 0.29) is 19.0 Å². The minimum Gasteiger partial charge on any atom is -0.444 e. The fraction of sp³-hybridized carbons (Fsp3) is 0.800. The van der Waals surface area contributed by atoms with E-state index in [9.17, 15) is 9.59 Å². The average molecular weight is 252 g/mol. The van der Waals surface area contributed by atoms with Crippen LogP contribution in [0.25, 0.3) is 0 Å². The highest BCUT2D eigenvalue weighted by Gasteiger charge is 2.30. The predicted molar refractivity (Wildman–Crippen MR) is 60.9 cm³/mol. The van der Waals surface area contributed by atoms with Gasteiger partial charge in [-0.1, -0.05) is 0 Å². The highest BCUT2D eigenvalue weighted by atomic mass is 35.5. The molecule has 0 saturated carbocycles. The first kappa shape index (κ1) is 15.2. The van der Waals surface area contributed by atoms with Crippen molar-refractivity contribution < 1.29 is 19.1 Å². The number of carbonyl (C=O) groups is 2. The molecule has 5 nitrogen and oxygen atoms in total. The molecule has 94 valence electrons. The highest BCUT2D eigenvalue weighted by molar-refractivity contribution is 5.85. The maximum atomic E-state index is 11.7. The Labute approximate surface area is 101 Å². The Kier molecular flexibility index (Phi) is 5.75. The fourth-order valence-electron chi connectivity index (χ4n) is 1.28. The van der Waals surface area contributed by atoms with E-state index in [1.165, 1.54) is 4.90 Å². The first-order valence-electron chi connectivity index (χ1n) is 4.97. The van der Waals surface area contributed by atoms with Gasteiger partial charge in [0.15, 0.2) is 0 Å². The molecule has 16 heavy (non-hydrogen) atoms. The maximum Gasteiger partial charge on any atom is 0.411 e. The van der Waals surface area contributed by atoms with Crippen molar-refractivity contribution in [1.29, 1.82) is 0 Å². The molecule has 0 N–H and O–H groups in total. The van der Waals surface area contributed by atoms with Gasteiger partial charge in [-0.25, -0.2) is 4.79 Å². The minimum atomic E-state index is -0.539. The molecule has 0 spiro atoms. The van der Waals surface area contributed by atoms with Gasteiger partial charge in [0.05, 0.1) is 13.2 Å². The summed E-state index contributed by atoms with van der Waals surface area (Å²) in [4.78, 5) is 23.8. The molecular formula is C10H18ClNO4. The van der Waals surface area contributed by atoms with E-state index in [1.54, 1.807) is 20.8 Å². The quantitative estimate of drug-likeness (QED) is 0.658. The van der Waals surface area contributed by atoms with E-state index >= 15 is 0 Å². The lowest BCUT2D eigenvalue weighted by molar-refractivity contribution is -0.118. The molecule has 1 aliphatic rings. The molecule has 0 aromatic heterocycles. The van der Waals surface area contributed by atoms with Gasteiger partial charge in [0, 0.05) is 6.54 Å². The Morgan fingerprint density at radius 2 is 2.12 bits per heavy atom. The topological polar surface area (TPSA) is 55.8 Å². The number of ether oxygens (including phenoxy) is 2. The van der Waals surface area contributed by atoms with Crippen molar-refractivity contribution in [1.82, 2.24) is 4.90 Å². The van der Waals surface area contributed by atoms with Crippen LogP contribution >= 0.6 is 12.4 Å². The van der Waals surface area contributed by atoms with Crippen LogP contribution in [0.2, 0.25) is 0 Å². The Morgan fingerprint density at radius 3 is 2.62 bits per heavy atom.